The van der Waals surface area contributed by atoms with Gasteiger partial charge >= 0.3 is 0 Å². The Morgan fingerprint density at radius 2 is 1.95 bits per heavy atom. The highest BCUT2D eigenvalue weighted by atomic mass is 14.8. The van der Waals surface area contributed by atoms with Crippen LogP contribution in [-0.2, 0) is 6.42 Å². The summed E-state index contributed by atoms with van der Waals surface area (Å²) >= 11 is 0. The molecular weight excluding hydrogens is 270 g/mol. The zero-order valence-corrected chi connectivity index (χ0v) is 13.3. The molecule has 3 nitrogen and oxygen atoms in total. The number of nitrogens with zero attached hydrogens (tertiary/aromatic N) is 1. The van der Waals surface area contributed by atoms with Gasteiger partial charge in [0.25, 0.3) is 0 Å². The number of aryl methyl sites for hydroxylation is 3. The van der Waals surface area contributed by atoms with Gasteiger partial charge in [-0.25, -0.2) is 0 Å². The molecule has 3 aromatic rings. The number of H-pyrrole nitrogens is 1. The Morgan fingerprint density at radius 1 is 1.09 bits per heavy atom. The molecule has 0 amide bonds. The Labute approximate surface area is 131 Å². The van der Waals surface area contributed by atoms with Crippen LogP contribution in [0.15, 0.2) is 36.5 Å². The molecule has 0 atom stereocenters. The summed E-state index contributed by atoms with van der Waals surface area (Å²) in [6.07, 6.45) is 5.12. The molecule has 0 saturated carbocycles. The van der Waals surface area contributed by atoms with Gasteiger partial charge in [-0.1, -0.05) is 24.3 Å². The normalized spacial score (nSPS) is 11.2. The number of aromatic nitrogens is 2. The lowest BCUT2D eigenvalue weighted by molar-refractivity contribution is 0.748. The van der Waals surface area contributed by atoms with Crippen molar-refractivity contribution in [3.63, 3.8) is 0 Å². The number of nitrogens with two attached hydrogens (primary N) is 1. The number of nitrogens with one attached hydrogen (secondary N) is 1. The molecule has 114 valence electrons. The summed E-state index contributed by atoms with van der Waals surface area (Å²) < 4.78 is 0. The molecule has 0 aliphatic carbocycles. The molecule has 0 spiro atoms. The molecule has 0 radical (unpaired) electrons. The Bertz CT molecular complexity index is 769. The van der Waals surface area contributed by atoms with Crippen molar-refractivity contribution in [3.05, 3.63) is 53.2 Å². The van der Waals surface area contributed by atoms with Crippen LogP contribution in [0.25, 0.3) is 22.3 Å². The fraction of sp³-hybridized carbons (Fsp3) is 0.316. The van der Waals surface area contributed by atoms with Crippen molar-refractivity contribution in [3.8, 4) is 11.4 Å². The highest BCUT2D eigenvalue weighted by Gasteiger charge is 2.14. The zero-order chi connectivity index (χ0) is 15.5. The molecule has 2 aromatic heterocycles. The number of hydrogen-bond acceptors (Lipinski definition) is 2. The standard InChI is InChI=1S/C19H23N3/c1-13-9-10-17(21-12-13)19-16(7-3-4-11-20)15-8-5-6-14(2)18(15)22-19/h5-6,8-10,12,22H,3-4,7,11,20H2,1-2H3. The molecule has 1 aromatic carbocycles. The van der Waals surface area contributed by atoms with Crippen molar-refractivity contribution >= 4 is 10.9 Å². The minimum Gasteiger partial charge on any atom is -0.353 e. The number of fused-ring (bicyclic) bond motifs is 1. The van der Waals surface area contributed by atoms with Crippen molar-refractivity contribution < 1.29 is 0 Å². The summed E-state index contributed by atoms with van der Waals surface area (Å²) in [7, 11) is 0. The van der Waals surface area contributed by atoms with Crippen LogP contribution >= 0.6 is 0 Å². The van der Waals surface area contributed by atoms with E-state index in [9.17, 15) is 0 Å². The average Bonchev–Trinajstić information content (AvgIpc) is 2.89. The smallest absolute Gasteiger partial charge is 0.0867 e. The second-order valence-corrected chi connectivity index (χ2v) is 5.94. The van der Waals surface area contributed by atoms with Gasteiger partial charge in [0.15, 0.2) is 0 Å². The Kier molecular flexibility index (Phi) is 4.25. The molecule has 0 aliphatic heterocycles. The number of pyridine rings is 1. The fourth-order valence-electron chi connectivity index (χ4n) is 2.96. The Balaban J connectivity index is 2.12. The van der Waals surface area contributed by atoms with Crippen molar-refractivity contribution in [1.82, 2.24) is 9.97 Å². The Hall–Kier alpha value is -2.13. The van der Waals surface area contributed by atoms with Crippen molar-refractivity contribution in [2.24, 2.45) is 5.73 Å². The van der Waals surface area contributed by atoms with E-state index in [1.54, 1.807) is 0 Å². The molecule has 0 fully saturated rings. The van der Waals surface area contributed by atoms with E-state index in [4.69, 9.17) is 5.73 Å². The first-order valence-electron chi connectivity index (χ1n) is 7.94. The maximum atomic E-state index is 5.65. The first-order chi connectivity index (χ1) is 10.7. The van der Waals surface area contributed by atoms with Crippen LogP contribution in [-0.4, -0.2) is 16.5 Å². The third-order valence-corrected chi connectivity index (χ3v) is 4.20. The second kappa shape index (κ2) is 6.32. The van der Waals surface area contributed by atoms with E-state index in [1.807, 2.05) is 6.20 Å². The van der Waals surface area contributed by atoms with Gasteiger partial charge in [-0.2, -0.15) is 0 Å². The fourth-order valence-corrected chi connectivity index (χ4v) is 2.96. The number of rotatable bonds is 5. The van der Waals surface area contributed by atoms with Crippen molar-refractivity contribution in [2.75, 3.05) is 6.54 Å². The highest BCUT2D eigenvalue weighted by molar-refractivity contribution is 5.92. The summed E-state index contributed by atoms with van der Waals surface area (Å²) in [5, 5.41) is 1.31. The summed E-state index contributed by atoms with van der Waals surface area (Å²) in [6.45, 7) is 4.96. The lowest BCUT2D eigenvalue weighted by Crippen LogP contribution is -1.99. The number of hydrogen-bond donors (Lipinski definition) is 2. The van der Waals surface area contributed by atoms with Crippen LogP contribution in [0.1, 0.15) is 29.5 Å². The summed E-state index contributed by atoms with van der Waals surface area (Å²) in [5.74, 6) is 0. The first-order valence-corrected chi connectivity index (χ1v) is 7.94. The van der Waals surface area contributed by atoms with E-state index in [0.717, 1.165) is 37.2 Å². The highest BCUT2D eigenvalue weighted by Crippen LogP contribution is 2.32. The zero-order valence-electron chi connectivity index (χ0n) is 13.3. The minimum absolute atomic E-state index is 0.750. The molecule has 0 aliphatic rings. The average molecular weight is 293 g/mol. The van der Waals surface area contributed by atoms with Gasteiger partial charge in [-0.05, 0) is 62.4 Å². The largest absolute Gasteiger partial charge is 0.353 e. The SMILES string of the molecule is Cc1ccc(-c2[nH]c3c(C)cccc3c2CCCCN)nc1. The second-order valence-electron chi connectivity index (χ2n) is 5.94. The molecule has 3 N–H and O–H groups in total. The van der Waals surface area contributed by atoms with Crippen LogP contribution in [0.2, 0.25) is 0 Å². The van der Waals surface area contributed by atoms with E-state index >= 15 is 0 Å². The van der Waals surface area contributed by atoms with Crippen LogP contribution in [0.5, 0.6) is 0 Å². The van der Waals surface area contributed by atoms with Crippen molar-refractivity contribution in [2.45, 2.75) is 33.1 Å². The lowest BCUT2D eigenvalue weighted by Gasteiger charge is -2.05. The quantitative estimate of drug-likeness (QED) is 0.695. The van der Waals surface area contributed by atoms with Crippen LogP contribution in [0, 0.1) is 13.8 Å². The molecule has 3 rings (SSSR count). The van der Waals surface area contributed by atoms with E-state index in [0.29, 0.717) is 0 Å². The maximum absolute atomic E-state index is 5.65. The van der Waals surface area contributed by atoms with E-state index in [2.05, 4.69) is 54.1 Å². The summed E-state index contributed by atoms with van der Waals surface area (Å²) in [5.41, 5.74) is 12.9. The maximum Gasteiger partial charge on any atom is 0.0867 e. The van der Waals surface area contributed by atoms with E-state index < -0.39 is 0 Å². The topological polar surface area (TPSA) is 54.7 Å². The number of benzene rings is 1. The number of aromatic amines is 1. The lowest BCUT2D eigenvalue weighted by atomic mass is 10.0. The predicted octanol–water partition coefficient (Wildman–Crippen LogP) is 4.13. The molecule has 3 heteroatoms. The van der Waals surface area contributed by atoms with E-state index in [-0.39, 0.29) is 0 Å². The first kappa shape index (κ1) is 14.8. The van der Waals surface area contributed by atoms with Gasteiger partial charge in [-0.15, -0.1) is 0 Å². The molecule has 22 heavy (non-hydrogen) atoms. The van der Waals surface area contributed by atoms with Gasteiger partial charge in [0.05, 0.1) is 11.4 Å². The van der Waals surface area contributed by atoms with Gasteiger partial charge in [0.1, 0.15) is 0 Å². The van der Waals surface area contributed by atoms with Crippen molar-refractivity contribution in [1.29, 1.82) is 0 Å². The predicted molar refractivity (Wildman–Crippen MR) is 93.0 cm³/mol. The van der Waals surface area contributed by atoms with Gasteiger partial charge in [0.2, 0.25) is 0 Å². The number of para-hydroxylation sites is 1. The summed E-state index contributed by atoms with van der Waals surface area (Å²) in [4.78, 5) is 8.21. The number of unbranched alkanes of at least 4 members (excludes halogenated alkanes) is 1. The van der Waals surface area contributed by atoms with Gasteiger partial charge < -0.3 is 10.7 Å². The molecule has 0 unspecified atom stereocenters. The molecular formula is C19H23N3. The Morgan fingerprint density at radius 3 is 2.68 bits per heavy atom. The van der Waals surface area contributed by atoms with Crippen LogP contribution in [0.4, 0.5) is 0 Å². The molecule has 2 heterocycles. The minimum atomic E-state index is 0.750. The summed E-state index contributed by atoms with van der Waals surface area (Å²) in [6, 6.07) is 10.7. The van der Waals surface area contributed by atoms with Crippen LogP contribution < -0.4 is 5.73 Å². The third-order valence-electron chi connectivity index (χ3n) is 4.20. The van der Waals surface area contributed by atoms with Crippen LogP contribution in [0.3, 0.4) is 0 Å². The monoisotopic (exact) mass is 293 g/mol. The van der Waals surface area contributed by atoms with E-state index in [1.165, 1.54) is 27.6 Å². The molecule has 0 bridgehead atoms. The van der Waals surface area contributed by atoms with Gasteiger partial charge in [-0.3, -0.25) is 4.98 Å². The molecule has 0 saturated heterocycles. The van der Waals surface area contributed by atoms with Gasteiger partial charge in [0, 0.05) is 17.1 Å². The third kappa shape index (κ3) is 2.77.